The molecule has 3 nitrogen and oxygen atoms in total. The van der Waals surface area contributed by atoms with Gasteiger partial charge in [-0.3, -0.25) is 0 Å². The van der Waals surface area contributed by atoms with Crippen LogP contribution in [0.4, 0.5) is 8.78 Å². The van der Waals surface area contributed by atoms with Gasteiger partial charge in [-0.25, -0.2) is 8.42 Å². The first-order chi connectivity index (χ1) is 9.60. The van der Waals surface area contributed by atoms with Gasteiger partial charge in [-0.15, -0.1) is 0 Å². The Bertz CT molecular complexity index is 565. The van der Waals surface area contributed by atoms with Crippen LogP contribution in [0.25, 0.3) is 0 Å². The standard InChI is InChI=1S/C15H23F2NO2S/c1-5-18-13(15(2,3)4)10-11-8-6-7-9-12(11)21(19,20)14(16)17/h6-9,13-14,18H,5,10H2,1-4H3. The topological polar surface area (TPSA) is 46.2 Å². The smallest absolute Gasteiger partial charge is 0.313 e. The Morgan fingerprint density at radius 2 is 1.76 bits per heavy atom. The molecule has 0 saturated heterocycles. The zero-order valence-electron chi connectivity index (χ0n) is 12.9. The summed E-state index contributed by atoms with van der Waals surface area (Å²) in [6.07, 6.45) is 0.388. The van der Waals surface area contributed by atoms with Crippen molar-refractivity contribution < 1.29 is 17.2 Å². The molecule has 0 bridgehead atoms. The third kappa shape index (κ3) is 4.48. The van der Waals surface area contributed by atoms with Gasteiger partial charge in [0.1, 0.15) is 0 Å². The van der Waals surface area contributed by atoms with Gasteiger partial charge < -0.3 is 5.32 Å². The molecule has 0 heterocycles. The average Bonchev–Trinajstić information content (AvgIpc) is 2.37. The highest BCUT2D eigenvalue weighted by molar-refractivity contribution is 7.91. The van der Waals surface area contributed by atoms with E-state index in [4.69, 9.17) is 0 Å². The number of halogens is 2. The first kappa shape index (κ1) is 18.0. The second-order valence-electron chi connectivity index (χ2n) is 6.09. The minimum Gasteiger partial charge on any atom is -0.313 e. The molecule has 6 heteroatoms. The SMILES string of the molecule is CCNC(Cc1ccccc1S(=O)(=O)C(F)F)C(C)(C)C. The van der Waals surface area contributed by atoms with E-state index in [9.17, 15) is 17.2 Å². The lowest BCUT2D eigenvalue weighted by atomic mass is 9.83. The van der Waals surface area contributed by atoms with Crippen molar-refractivity contribution in [3.8, 4) is 0 Å². The average molecular weight is 319 g/mol. The van der Waals surface area contributed by atoms with Gasteiger partial charge >= 0.3 is 5.76 Å². The molecule has 0 aliphatic heterocycles. The second-order valence-corrected chi connectivity index (χ2v) is 7.98. The summed E-state index contributed by atoms with van der Waals surface area (Å²) in [7, 11) is -4.57. The first-order valence-electron chi connectivity index (χ1n) is 6.94. The van der Waals surface area contributed by atoms with Gasteiger partial charge in [0.25, 0.3) is 0 Å². The van der Waals surface area contributed by atoms with E-state index in [2.05, 4.69) is 5.32 Å². The summed E-state index contributed by atoms with van der Waals surface area (Å²) in [5.74, 6) is -3.40. The van der Waals surface area contributed by atoms with Crippen LogP contribution in [0.5, 0.6) is 0 Å². The molecule has 1 N–H and O–H groups in total. The zero-order chi connectivity index (χ0) is 16.3. The normalized spacial score (nSPS) is 14.4. The van der Waals surface area contributed by atoms with Crippen molar-refractivity contribution in [2.45, 2.75) is 50.8 Å². The lowest BCUT2D eigenvalue weighted by molar-refractivity contribution is 0.234. The molecule has 1 atom stereocenters. The molecule has 0 aromatic heterocycles. The quantitative estimate of drug-likeness (QED) is 0.875. The van der Waals surface area contributed by atoms with E-state index in [1.54, 1.807) is 12.1 Å². The number of likely N-dealkylation sites (N-methyl/N-ethyl adjacent to an activating group) is 1. The van der Waals surface area contributed by atoms with Crippen LogP contribution in [0.2, 0.25) is 0 Å². The lowest BCUT2D eigenvalue weighted by Crippen LogP contribution is -2.42. The molecule has 0 aliphatic carbocycles. The fraction of sp³-hybridized carbons (Fsp3) is 0.600. The Labute approximate surface area is 125 Å². The summed E-state index contributed by atoms with van der Waals surface area (Å²) in [6.45, 7) is 8.78. The van der Waals surface area contributed by atoms with Crippen molar-refractivity contribution in [1.82, 2.24) is 5.32 Å². The largest absolute Gasteiger partial charge is 0.341 e. The fourth-order valence-electron chi connectivity index (χ4n) is 2.20. The van der Waals surface area contributed by atoms with E-state index in [0.717, 1.165) is 6.54 Å². The molecule has 1 aromatic rings. The van der Waals surface area contributed by atoms with Gasteiger partial charge in [0.05, 0.1) is 4.90 Å². The summed E-state index contributed by atoms with van der Waals surface area (Å²) in [5, 5.41) is 3.30. The summed E-state index contributed by atoms with van der Waals surface area (Å²) in [6, 6.07) is 5.99. The summed E-state index contributed by atoms with van der Waals surface area (Å²) >= 11 is 0. The number of alkyl halides is 2. The third-order valence-corrected chi connectivity index (χ3v) is 4.91. The van der Waals surface area contributed by atoms with Crippen LogP contribution in [0, 0.1) is 5.41 Å². The number of benzene rings is 1. The molecule has 1 aromatic carbocycles. The number of hydrogen-bond acceptors (Lipinski definition) is 3. The van der Waals surface area contributed by atoms with Crippen molar-refractivity contribution in [2.75, 3.05) is 6.54 Å². The van der Waals surface area contributed by atoms with Crippen molar-refractivity contribution in [3.63, 3.8) is 0 Å². The third-order valence-electron chi connectivity index (χ3n) is 3.43. The van der Waals surface area contributed by atoms with Gasteiger partial charge in [-0.2, -0.15) is 8.78 Å². The summed E-state index contributed by atoms with van der Waals surface area (Å²) in [4.78, 5) is -0.271. The molecule has 21 heavy (non-hydrogen) atoms. The number of sulfone groups is 1. The number of nitrogens with one attached hydrogen (secondary N) is 1. The Morgan fingerprint density at radius 3 is 2.24 bits per heavy atom. The summed E-state index contributed by atoms with van der Waals surface area (Å²) in [5.41, 5.74) is 0.316. The number of rotatable bonds is 6. The van der Waals surface area contributed by atoms with Crippen LogP contribution in [0.15, 0.2) is 29.2 Å². The summed E-state index contributed by atoms with van der Waals surface area (Å²) < 4.78 is 49.1. The predicted molar refractivity (Wildman–Crippen MR) is 80.3 cm³/mol. The Morgan fingerprint density at radius 1 is 1.19 bits per heavy atom. The first-order valence-corrected chi connectivity index (χ1v) is 8.48. The Hall–Kier alpha value is -1.01. The van der Waals surface area contributed by atoms with Crippen LogP contribution in [-0.2, 0) is 16.3 Å². The zero-order valence-corrected chi connectivity index (χ0v) is 13.7. The van der Waals surface area contributed by atoms with E-state index < -0.39 is 15.6 Å². The molecular formula is C15H23F2NO2S. The molecule has 0 fully saturated rings. The molecule has 0 amide bonds. The number of hydrogen-bond donors (Lipinski definition) is 1. The molecule has 0 spiro atoms. The monoisotopic (exact) mass is 319 g/mol. The molecule has 0 aliphatic rings. The van der Waals surface area contributed by atoms with Crippen LogP contribution < -0.4 is 5.32 Å². The molecule has 1 unspecified atom stereocenters. The van der Waals surface area contributed by atoms with Crippen LogP contribution in [0.3, 0.4) is 0 Å². The van der Waals surface area contributed by atoms with E-state index in [-0.39, 0.29) is 16.4 Å². The van der Waals surface area contributed by atoms with Crippen LogP contribution >= 0.6 is 0 Å². The van der Waals surface area contributed by atoms with Crippen LogP contribution in [-0.4, -0.2) is 26.8 Å². The minimum atomic E-state index is -4.57. The van der Waals surface area contributed by atoms with Crippen molar-refractivity contribution >= 4 is 9.84 Å². The van der Waals surface area contributed by atoms with E-state index in [0.29, 0.717) is 12.0 Å². The van der Waals surface area contributed by atoms with Crippen molar-refractivity contribution in [1.29, 1.82) is 0 Å². The Balaban J connectivity index is 3.21. The van der Waals surface area contributed by atoms with Gasteiger partial charge in [-0.1, -0.05) is 45.9 Å². The fourth-order valence-corrected chi connectivity index (χ4v) is 3.17. The molecule has 0 saturated carbocycles. The highest BCUT2D eigenvalue weighted by atomic mass is 32.2. The minimum absolute atomic E-state index is 0.00322. The maximum atomic E-state index is 12.8. The highest BCUT2D eigenvalue weighted by Crippen LogP contribution is 2.27. The predicted octanol–water partition coefficient (Wildman–Crippen LogP) is 3.25. The van der Waals surface area contributed by atoms with E-state index in [1.807, 2.05) is 27.7 Å². The molecule has 1 rings (SSSR count). The van der Waals surface area contributed by atoms with Gasteiger partial charge in [0, 0.05) is 6.04 Å². The maximum Gasteiger partial charge on any atom is 0.341 e. The van der Waals surface area contributed by atoms with Gasteiger partial charge in [-0.05, 0) is 30.0 Å². The molecule has 120 valence electrons. The van der Waals surface area contributed by atoms with Crippen molar-refractivity contribution in [3.05, 3.63) is 29.8 Å². The van der Waals surface area contributed by atoms with Gasteiger partial charge in [0.2, 0.25) is 9.84 Å². The van der Waals surface area contributed by atoms with E-state index in [1.165, 1.54) is 12.1 Å². The van der Waals surface area contributed by atoms with E-state index >= 15 is 0 Å². The van der Waals surface area contributed by atoms with Gasteiger partial charge in [0.15, 0.2) is 0 Å². The highest BCUT2D eigenvalue weighted by Gasteiger charge is 2.31. The lowest BCUT2D eigenvalue weighted by Gasteiger charge is -2.32. The maximum absolute atomic E-state index is 12.8. The van der Waals surface area contributed by atoms with Crippen molar-refractivity contribution in [2.24, 2.45) is 5.41 Å². The van der Waals surface area contributed by atoms with Crippen LogP contribution in [0.1, 0.15) is 33.3 Å². The second kappa shape index (κ2) is 6.83. The Kier molecular flexibility index (Phi) is 5.87. The molecular weight excluding hydrogens is 296 g/mol. The molecule has 0 radical (unpaired) electrons.